The molecular formula is C28H24ClNO4. The molecule has 2 atom stereocenters. The van der Waals surface area contributed by atoms with Crippen LogP contribution in [-0.2, 0) is 22.4 Å². The first-order valence-corrected chi connectivity index (χ1v) is 11.7. The molecule has 2 aliphatic heterocycles. The first kappa shape index (κ1) is 22.2. The number of amides is 1. The van der Waals surface area contributed by atoms with E-state index in [0.29, 0.717) is 23.6 Å². The smallest absolute Gasteiger partial charge is 0.295 e. The van der Waals surface area contributed by atoms with E-state index in [2.05, 4.69) is 0 Å². The number of halogens is 1. The number of fused-ring (bicyclic) bond motifs is 1. The van der Waals surface area contributed by atoms with E-state index in [1.807, 2.05) is 43.3 Å². The highest BCUT2D eigenvalue weighted by molar-refractivity contribution is 6.46. The van der Waals surface area contributed by atoms with Crippen LogP contribution in [0.2, 0.25) is 5.02 Å². The number of aliphatic hydroxyl groups excluding tert-OH is 1. The van der Waals surface area contributed by atoms with E-state index in [-0.39, 0.29) is 17.4 Å². The zero-order valence-corrected chi connectivity index (χ0v) is 19.5. The Kier molecular flexibility index (Phi) is 5.88. The van der Waals surface area contributed by atoms with E-state index in [4.69, 9.17) is 16.3 Å². The number of nitrogens with zero attached hydrogens (tertiary/aromatic N) is 1. The maximum Gasteiger partial charge on any atom is 0.295 e. The molecule has 34 heavy (non-hydrogen) atoms. The van der Waals surface area contributed by atoms with Gasteiger partial charge < -0.3 is 14.7 Å². The molecule has 1 amide bonds. The number of carbonyl (C=O) groups is 2. The van der Waals surface area contributed by atoms with Crippen molar-refractivity contribution in [2.24, 2.45) is 0 Å². The number of rotatable bonds is 5. The van der Waals surface area contributed by atoms with Crippen LogP contribution in [0, 0.1) is 0 Å². The summed E-state index contributed by atoms with van der Waals surface area (Å²) < 4.78 is 5.76. The SMILES string of the molecule is C[C@H]1Cc2cc(/C(O)=C3\C(=O)C(=O)N(CCc4ccccc4)[C@@H]3c3ccc(Cl)cc3)ccc2O1. The predicted octanol–water partition coefficient (Wildman–Crippen LogP) is 5.33. The topological polar surface area (TPSA) is 66.8 Å². The Labute approximate surface area is 203 Å². The Morgan fingerprint density at radius 2 is 1.79 bits per heavy atom. The molecule has 0 spiro atoms. The van der Waals surface area contributed by atoms with Crippen LogP contribution >= 0.6 is 11.6 Å². The number of hydrogen-bond acceptors (Lipinski definition) is 4. The van der Waals surface area contributed by atoms with Gasteiger partial charge in [0.2, 0.25) is 0 Å². The van der Waals surface area contributed by atoms with Crippen molar-refractivity contribution in [1.82, 2.24) is 4.90 Å². The average Bonchev–Trinajstić information content (AvgIpc) is 3.34. The monoisotopic (exact) mass is 473 g/mol. The summed E-state index contributed by atoms with van der Waals surface area (Å²) in [5.74, 6) is -0.698. The lowest BCUT2D eigenvalue weighted by molar-refractivity contribution is -0.139. The number of aliphatic hydroxyl groups is 1. The van der Waals surface area contributed by atoms with Crippen molar-refractivity contribution in [2.45, 2.75) is 31.9 Å². The van der Waals surface area contributed by atoms with E-state index < -0.39 is 17.7 Å². The molecule has 1 N–H and O–H groups in total. The van der Waals surface area contributed by atoms with Gasteiger partial charge in [0.25, 0.3) is 11.7 Å². The van der Waals surface area contributed by atoms with Gasteiger partial charge in [0, 0.05) is 23.6 Å². The molecule has 6 heteroatoms. The van der Waals surface area contributed by atoms with Crippen LogP contribution in [0.25, 0.3) is 5.76 Å². The molecule has 0 saturated carbocycles. The minimum Gasteiger partial charge on any atom is -0.507 e. The van der Waals surface area contributed by atoms with Gasteiger partial charge in [0.15, 0.2) is 0 Å². The fourth-order valence-corrected chi connectivity index (χ4v) is 4.85. The molecule has 5 nitrogen and oxygen atoms in total. The number of ketones is 1. The van der Waals surface area contributed by atoms with Gasteiger partial charge in [-0.25, -0.2) is 0 Å². The first-order valence-electron chi connectivity index (χ1n) is 11.3. The highest BCUT2D eigenvalue weighted by Gasteiger charge is 2.45. The van der Waals surface area contributed by atoms with Crippen molar-refractivity contribution in [3.63, 3.8) is 0 Å². The molecule has 0 unspecified atom stereocenters. The zero-order chi connectivity index (χ0) is 23.8. The molecule has 3 aromatic rings. The number of hydrogen-bond donors (Lipinski definition) is 1. The third-order valence-electron chi connectivity index (χ3n) is 6.38. The predicted molar refractivity (Wildman–Crippen MR) is 131 cm³/mol. The Bertz CT molecular complexity index is 1280. The Morgan fingerprint density at radius 3 is 2.53 bits per heavy atom. The van der Waals surface area contributed by atoms with E-state index >= 15 is 0 Å². The molecular weight excluding hydrogens is 450 g/mol. The minimum atomic E-state index is -0.704. The van der Waals surface area contributed by atoms with E-state index in [1.54, 1.807) is 41.3 Å². The highest BCUT2D eigenvalue weighted by atomic mass is 35.5. The van der Waals surface area contributed by atoms with Crippen molar-refractivity contribution >= 4 is 29.1 Å². The Hall–Kier alpha value is -3.57. The summed E-state index contributed by atoms with van der Waals surface area (Å²) in [5.41, 5.74) is 3.34. The van der Waals surface area contributed by atoms with Crippen LogP contribution in [0.15, 0.2) is 78.4 Å². The van der Waals surface area contributed by atoms with Crippen LogP contribution in [0.4, 0.5) is 0 Å². The van der Waals surface area contributed by atoms with Gasteiger partial charge in [0.05, 0.1) is 11.6 Å². The van der Waals surface area contributed by atoms with Crippen molar-refractivity contribution < 1.29 is 19.4 Å². The molecule has 1 saturated heterocycles. The normalized spacial score (nSPS) is 20.9. The zero-order valence-electron chi connectivity index (χ0n) is 18.7. The van der Waals surface area contributed by atoms with Gasteiger partial charge in [0.1, 0.15) is 17.6 Å². The summed E-state index contributed by atoms with van der Waals surface area (Å²) in [5, 5.41) is 11.9. The Morgan fingerprint density at radius 1 is 1.06 bits per heavy atom. The molecule has 0 aliphatic carbocycles. The average molecular weight is 474 g/mol. The van der Waals surface area contributed by atoms with Crippen LogP contribution < -0.4 is 4.74 Å². The molecule has 5 rings (SSSR count). The van der Waals surface area contributed by atoms with Crippen molar-refractivity contribution in [3.05, 3.63) is 106 Å². The summed E-state index contributed by atoms with van der Waals surface area (Å²) in [6.07, 6.45) is 1.37. The largest absolute Gasteiger partial charge is 0.507 e. The van der Waals surface area contributed by atoms with Crippen molar-refractivity contribution in [2.75, 3.05) is 6.54 Å². The highest BCUT2D eigenvalue weighted by Crippen LogP contribution is 2.41. The van der Waals surface area contributed by atoms with Crippen molar-refractivity contribution in [1.29, 1.82) is 0 Å². The molecule has 0 bridgehead atoms. The van der Waals surface area contributed by atoms with Gasteiger partial charge in [-0.3, -0.25) is 9.59 Å². The second-order valence-corrected chi connectivity index (χ2v) is 9.17. The van der Waals surface area contributed by atoms with Gasteiger partial charge in [-0.1, -0.05) is 54.1 Å². The van der Waals surface area contributed by atoms with Gasteiger partial charge in [-0.05, 0) is 60.4 Å². The van der Waals surface area contributed by atoms with Crippen LogP contribution in [0.3, 0.4) is 0 Å². The van der Waals surface area contributed by atoms with Crippen LogP contribution in [-0.4, -0.2) is 34.3 Å². The summed E-state index contributed by atoms with van der Waals surface area (Å²) in [7, 11) is 0. The molecule has 2 aliphatic rings. The van der Waals surface area contributed by atoms with E-state index in [9.17, 15) is 14.7 Å². The quantitative estimate of drug-likeness (QED) is 0.309. The number of ether oxygens (including phenoxy) is 1. The summed E-state index contributed by atoms with van der Waals surface area (Å²) in [6, 6.07) is 21.5. The third kappa shape index (κ3) is 4.08. The lowest BCUT2D eigenvalue weighted by Gasteiger charge is -2.25. The van der Waals surface area contributed by atoms with Crippen LogP contribution in [0.1, 0.15) is 35.2 Å². The standard InChI is InChI=1S/C28H24ClNO4/c1-17-15-21-16-20(9-12-23(21)34-17)26(31)24-25(19-7-10-22(29)11-8-19)30(28(33)27(24)32)14-13-18-5-3-2-4-6-18/h2-12,16-17,25,31H,13-15H2,1H3/b26-24+/t17-,25+/m0/s1. The summed E-state index contributed by atoms with van der Waals surface area (Å²) in [4.78, 5) is 27.9. The molecule has 1 fully saturated rings. The fraction of sp³-hybridized carbons (Fsp3) is 0.214. The lowest BCUT2D eigenvalue weighted by Crippen LogP contribution is -2.31. The van der Waals surface area contributed by atoms with Gasteiger partial charge in [-0.2, -0.15) is 0 Å². The maximum absolute atomic E-state index is 13.2. The number of likely N-dealkylation sites (tertiary alicyclic amines) is 1. The van der Waals surface area contributed by atoms with Crippen molar-refractivity contribution in [3.8, 4) is 5.75 Å². The van der Waals surface area contributed by atoms with Gasteiger partial charge >= 0.3 is 0 Å². The minimum absolute atomic E-state index is 0.0602. The Balaban J connectivity index is 1.57. The lowest BCUT2D eigenvalue weighted by atomic mass is 9.94. The molecule has 0 aromatic heterocycles. The second kappa shape index (κ2) is 8.99. The van der Waals surface area contributed by atoms with Gasteiger partial charge in [-0.15, -0.1) is 0 Å². The summed E-state index contributed by atoms with van der Waals surface area (Å²) in [6.45, 7) is 2.33. The molecule has 3 aromatic carbocycles. The first-order chi connectivity index (χ1) is 16.4. The second-order valence-electron chi connectivity index (χ2n) is 8.73. The van der Waals surface area contributed by atoms with E-state index in [0.717, 1.165) is 28.9 Å². The molecule has 172 valence electrons. The number of carbonyl (C=O) groups excluding carboxylic acids is 2. The fourth-order valence-electron chi connectivity index (χ4n) is 4.72. The van der Waals surface area contributed by atoms with Crippen LogP contribution in [0.5, 0.6) is 5.75 Å². The number of Topliss-reactive ketones (excluding diaryl/α,β-unsaturated/α-hetero) is 1. The molecule has 2 heterocycles. The molecule has 0 radical (unpaired) electrons. The maximum atomic E-state index is 13.2. The van der Waals surface area contributed by atoms with E-state index in [1.165, 1.54) is 0 Å². The third-order valence-corrected chi connectivity index (χ3v) is 6.63. The summed E-state index contributed by atoms with van der Waals surface area (Å²) >= 11 is 6.09. The number of benzene rings is 3.